The number of carbonyl (C=O) groups is 1. The molecule has 0 fully saturated rings. The molecule has 0 spiro atoms. The van der Waals surface area contributed by atoms with Crippen molar-refractivity contribution in [2.24, 2.45) is 0 Å². The predicted molar refractivity (Wildman–Crippen MR) is 111 cm³/mol. The summed E-state index contributed by atoms with van der Waals surface area (Å²) in [4.78, 5) is 18.3. The molecule has 2 N–H and O–H groups in total. The minimum atomic E-state index is -4.09. The number of aryl methyl sites for hydroxylation is 1. The Morgan fingerprint density at radius 3 is 2.54 bits per heavy atom. The maximum Gasteiger partial charge on any atom is 0.285 e. The van der Waals surface area contributed by atoms with Crippen molar-refractivity contribution in [2.75, 3.05) is 0 Å². The minimum absolute atomic E-state index is 0.0161. The molecule has 0 aliphatic rings. The van der Waals surface area contributed by atoms with E-state index in [9.17, 15) is 13.2 Å². The number of nitrogens with one attached hydrogen (secondary N) is 2. The van der Waals surface area contributed by atoms with E-state index < -0.39 is 15.9 Å². The number of hydrazine groups is 1. The van der Waals surface area contributed by atoms with Gasteiger partial charge < -0.3 is 0 Å². The first-order chi connectivity index (χ1) is 13.3. The van der Waals surface area contributed by atoms with Gasteiger partial charge in [-0.3, -0.25) is 10.2 Å². The minimum Gasteiger partial charge on any atom is -0.272 e. The molecule has 3 aromatic rings. The SMILES string of the molecule is CCc1ccc(-c2nc(C(=O)NNS(=O)(=O)c3cc(Cl)ccc3Cl)cs2)cc1. The zero-order valence-electron chi connectivity index (χ0n) is 14.6. The molecule has 0 bridgehead atoms. The third kappa shape index (κ3) is 4.71. The van der Waals surface area contributed by atoms with Crippen LogP contribution in [0.4, 0.5) is 0 Å². The number of hydrogen-bond acceptors (Lipinski definition) is 5. The molecule has 0 aliphatic carbocycles. The maximum atomic E-state index is 12.3. The highest BCUT2D eigenvalue weighted by atomic mass is 35.5. The van der Waals surface area contributed by atoms with E-state index in [1.807, 2.05) is 29.1 Å². The van der Waals surface area contributed by atoms with Gasteiger partial charge in [0.2, 0.25) is 0 Å². The third-order valence-corrected chi connectivity index (χ3v) is 6.68. The van der Waals surface area contributed by atoms with Crippen molar-refractivity contribution in [1.82, 2.24) is 15.2 Å². The number of benzene rings is 2. The van der Waals surface area contributed by atoms with Gasteiger partial charge in [0.25, 0.3) is 15.9 Å². The number of hydrogen-bond donors (Lipinski definition) is 2. The molecule has 146 valence electrons. The number of halogens is 2. The summed E-state index contributed by atoms with van der Waals surface area (Å²) in [6, 6.07) is 11.9. The van der Waals surface area contributed by atoms with E-state index in [4.69, 9.17) is 23.2 Å². The van der Waals surface area contributed by atoms with Crippen molar-refractivity contribution in [1.29, 1.82) is 0 Å². The van der Waals surface area contributed by atoms with Crippen LogP contribution >= 0.6 is 34.5 Å². The van der Waals surface area contributed by atoms with Crippen LogP contribution in [0.3, 0.4) is 0 Å². The van der Waals surface area contributed by atoms with Gasteiger partial charge in [0.1, 0.15) is 15.6 Å². The predicted octanol–water partition coefficient (Wildman–Crippen LogP) is 4.30. The number of thiazole rings is 1. The number of sulfonamides is 1. The van der Waals surface area contributed by atoms with Crippen LogP contribution in [0, 0.1) is 0 Å². The number of nitrogens with zero attached hydrogens (tertiary/aromatic N) is 1. The molecule has 28 heavy (non-hydrogen) atoms. The molecule has 0 atom stereocenters. The van der Waals surface area contributed by atoms with Crippen molar-refractivity contribution in [3.05, 3.63) is 69.1 Å². The van der Waals surface area contributed by atoms with Crippen LogP contribution in [0.1, 0.15) is 23.0 Å². The summed E-state index contributed by atoms with van der Waals surface area (Å²) in [5, 5.41) is 2.40. The van der Waals surface area contributed by atoms with E-state index in [0.717, 1.165) is 12.0 Å². The van der Waals surface area contributed by atoms with E-state index in [1.54, 1.807) is 5.38 Å². The Hall–Kier alpha value is -1.97. The zero-order chi connectivity index (χ0) is 20.3. The topological polar surface area (TPSA) is 88.2 Å². The van der Waals surface area contributed by atoms with Gasteiger partial charge in [-0.2, -0.15) is 0 Å². The molecule has 0 radical (unpaired) electrons. The van der Waals surface area contributed by atoms with Gasteiger partial charge in [-0.25, -0.2) is 13.4 Å². The lowest BCUT2D eigenvalue weighted by Crippen LogP contribution is -2.41. The van der Waals surface area contributed by atoms with Gasteiger partial charge in [0.05, 0.1) is 5.02 Å². The van der Waals surface area contributed by atoms with Crippen LogP contribution in [-0.4, -0.2) is 19.3 Å². The van der Waals surface area contributed by atoms with Crippen molar-refractivity contribution in [2.45, 2.75) is 18.2 Å². The van der Waals surface area contributed by atoms with Crippen LogP contribution in [-0.2, 0) is 16.4 Å². The molecule has 2 aromatic carbocycles. The van der Waals surface area contributed by atoms with Crippen LogP contribution in [0.2, 0.25) is 10.0 Å². The molecule has 3 rings (SSSR count). The average molecular weight is 456 g/mol. The summed E-state index contributed by atoms with van der Waals surface area (Å²) in [5.74, 6) is -0.686. The highest BCUT2D eigenvalue weighted by molar-refractivity contribution is 7.89. The van der Waals surface area contributed by atoms with Gasteiger partial charge in [0.15, 0.2) is 0 Å². The van der Waals surface area contributed by atoms with Crippen LogP contribution in [0.5, 0.6) is 0 Å². The molecule has 0 saturated heterocycles. The van der Waals surface area contributed by atoms with Gasteiger partial charge >= 0.3 is 0 Å². The quantitative estimate of drug-likeness (QED) is 0.542. The summed E-state index contributed by atoms with van der Waals surface area (Å²) in [6.45, 7) is 2.07. The maximum absolute atomic E-state index is 12.3. The standard InChI is InChI=1S/C18H15Cl2N3O3S2/c1-2-11-3-5-12(6-4-11)18-21-15(10-27-18)17(24)22-23-28(25,26)16-9-13(19)7-8-14(16)20/h3-10,23H,2H2,1H3,(H,22,24). The number of aromatic nitrogens is 1. The lowest BCUT2D eigenvalue weighted by atomic mass is 10.1. The second-order valence-corrected chi connectivity index (χ2v) is 9.08. The largest absolute Gasteiger partial charge is 0.285 e. The fraction of sp³-hybridized carbons (Fsp3) is 0.111. The molecule has 1 aromatic heterocycles. The van der Waals surface area contributed by atoms with E-state index in [1.165, 1.54) is 35.1 Å². The van der Waals surface area contributed by atoms with Gasteiger partial charge in [-0.15, -0.1) is 16.2 Å². The van der Waals surface area contributed by atoms with Crippen molar-refractivity contribution in [3.63, 3.8) is 0 Å². The first kappa shape index (κ1) is 20.8. The van der Waals surface area contributed by atoms with Crippen molar-refractivity contribution < 1.29 is 13.2 Å². The normalized spacial score (nSPS) is 11.4. The Kier molecular flexibility index (Phi) is 6.36. The zero-order valence-corrected chi connectivity index (χ0v) is 17.7. The second-order valence-electron chi connectivity index (χ2n) is 5.72. The molecular formula is C18H15Cl2N3O3S2. The molecule has 1 amide bonds. The molecule has 10 heteroatoms. The smallest absolute Gasteiger partial charge is 0.272 e. The Morgan fingerprint density at radius 1 is 1.14 bits per heavy atom. The lowest BCUT2D eigenvalue weighted by Gasteiger charge is -2.09. The Balaban J connectivity index is 1.71. The third-order valence-electron chi connectivity index (χ3n) is 3.83. The van der Waals surface area contributed by atoms with E-state index in [-0.39, 0.29) is 20.6 Å². The molecule has 1 heterocycles. The number of rotatable bonds is 6. The van der Waals surface area contributed by atoms with Crippen molar-refractivity contribution >= 4 is 50.5 Å². The monoisotopic (exact) mass is 455 g/mol. The van der Waals surface area contributed by atoms with Gasteiger partial charge in [-0.05, 0) is 30.2 Å². The number of carbonyl (C=O) groups excluding carboxylic acids is 1. The summed E-state index contributed by atoms with van der Waals surface area (Å²) in [5.41, 5.74) is 4.31. The van der Waals surface area contributed by atoms with E-state index >= 15 is 0 Å². The molecular weight excluding hydrogens is 441 g/mol. The van der Waals surface area contributed by atoms with Crippen LogP contribution < -0.4 is 10.3 Å². The Bertz CT molecular complexity index is 1110. The molecule has 0 aliphatic heterocycles. The highest BCUT2D eigenvalue weighted by Crippen LogP contribution is 2.25. The first-order valence-corrected chi connectivity index (χ1v) is 11.2. The van der Waals surface area contributed by atoms with Crippen LogP contribution in [0.15, 0.2) is 52.7 Å². The van der Waals surface area contributed by atoms with Crippen molar-refractivity contribution in [3.8, 4) is 10.6 Å². The fourth-order valence-electron chi connectivity index (χ4n) is 2.31. The van der Waals surface area contributed by atoms with E-state index in [2.05, 4.69) is 17.3 Å². The molecule has 0 unspecified atom stereocenters. The summed E-state index contributed by atoms with van der Waals surface area (Å²) >= 11 is 13.0. The summed E-state index contributed by atoms with van der Waals surface area (Å²) in [6.07, 6.45) is 0.933. The molecule has 0 saturated carbocycles. The van der Waals surface area contributed by atoms with Gasteiger partial charge in [0, 0.05) is 16.0 Å². The summed E-state index contributed by atoms with van der Waals surface area (Å²) in [7, 11) is -4.09. The Morgan fingerprint density at radius 2 is 1.86 bits per heavy atom. The summed E-state index contributed by atoms with van der Waals surface area (Å²) < 4.78 is 24.7. The fourth-order valence-corrected chi connectivity index (χ4v) is 4.72. The number of amides is 1. The Labute approximate surface area is 176 Å². The first-order valence-electron chi connectivity index (χ1n) is 8.12. The van der Waals surface area contributed by atoms with Gasteiger partial charge in [-0.1, -0.05) is 54.4 Å². The lowest BCUT2D eigenvalue weighted by molar-refractivity contribution is 0.0941. The average Bonchev–Trinajstić information content (AvgIpc) is 3.18. The highest BCUT2D eigenvalue weighted by Gasteiger charge is 2.20. The second kappa shape index (κ2) is 8.59. The van der Waals surface area contributed by atoms with Crippen LogP contribution in [0.25, 0.3) is 10.6 Å². The molecule has 6 nitrogen and oxygen atoms in total. The van der Waals surface area contributed by atoms with E-state index in [0.29, 0.717) is 5.01 Å².